The Labute approximate surface area is 234 Å². The molecule has 2 aromatic heterocycles. The Balaban J connectivity index is 1.55. The minimum absolute atomic E-state index is 0.192. The highest BCUT2D eigenvalue weighted by Crippen LogP contribution is 2.33. The number of hydrogen-bond donors (Lipinski definition) is 3. The van der Waals surface area contributed by atoms with Crippen LogP contribution in [-0.2, 0) is 15.7 Å². The number of aromatic nitrogens is 2. The Morgan fingerprint density at radius 2 is 1.68 bits per heavy atom. The van der Waals surface area contributed by atoms with Gasteiger partial charge < -0.3 is 34.9 Å². The van der Waals surface area contributed by atoms with Gasteiger partial charge in [-0.1, -0.05) is 0 Å². The monoisotopic (exact) mass is 578 g/mol. The number of nitrogens with zero attached hydrogens (tertiary/aromatic N) is 5. The predicted molar refractivity (Wildman–Crippen MR) is 144 cm³/mol. The second-order valence-corrected chi connectivity index (χ2v) is 10.6. The van der Waals surface area contributed by atoms with Crippen molar-refractivity contribution in [1.82, 2.24) is 24.7 Å². The molecule has 0 unspecified atom stereocenters. The van der Waals surface area contributed by atoms with Crippen molar-refractivity contribution in [2.45, 2.75) is 32.5 Å². The number of aliphatic imine (C=N–C) groups is 1. The molecule has 2 aliphatic heterocycles. The van der Waals surface area contributed by atoms with Crippen LogP contribution >= 0.6 is 0 Å². The first-order valence-corrected chi connectivity index (χ1v) is 13.0. The van der Waals surface area contributed by atoms with Crippen molar-refractivity contribution in [2.24, 2.45) is 4.99 Å². The Bertz CT molecular complexity index is 1320. The minimum Gasteiger partial charge on any atom is -0.444 e. The van der Waals surface area contributed by atoms with E-state index in [1.807, 2.05) is 0 Å². The van der Waals surface area contributed by atoms with Gasteiger partial charge in [0.15, 0.2) is 11.7 Å². The summed E-state index contributed by atoms with van der Waals surface area (Å²) in [5.74, 6) is -1.08. The van der Waals surface area contributed by atoms with Crippen molar-refractivity contribution in [3.8, 4) is 0 Å². The number of carbonyl (C=O) groups excluding carboxylic acids is 2. The number of halogens is 3. The third-order valence-corrected chi connectivity index (χ3v) is 6.40. The number of alkyl halides is 3. The lowest BCUT2D eigenvalue weighted by atomic mass is 10.1. The Kier molecular flexibility index (Phi) is 8.56. The van der Waals surface area contributed by atoms with Gasteiger partial charge in [-0.05, 0) is 32.9 Å². The van der Waals surface area contributed by atoms with Crippen LogP contribution in [-0.4, -0.2) is 106 Å². The fraction of sp³-hybridized carbons (Fsp3) is 0.500. The van der Waals surface area contributed by atoms with E-state index in [0.717, 1.165) is 6.20 Å². The number of amides is 2. The third-order valence-electron chi connectivity index (χ3n) is 6.40. The highest BCUT2D eigenvalue weighted by atomic mass is 19.4. The van der Waals surface area contributed by atoms with E-state index in [1.165, 1.54) is 6.20 Å². The molecular formula is C26H33F3N8O4. The number of piperazine rings is 1. The SMILES string of the molecule is CC(C)(C)OC(=O)N1CCN(C(=O)c2c[nH]c(C(=NC(=N)c3cnc(N)cc3C(F)(F)F)N3CCOCC3)c2)CC1. The number of aromatic amines is 1. The first-order valence-electron chi connectivity index (χ1n) is 13.0. The molecule has 0 spiro atoms. The van der Waals surface area contributed by atoms with Crippen molar-refractivity contribution < 1.29 is 32.2 Å². The number of nitrogen functional groups attached to an aromatic ring is 1. The molecule has 4 N–H and O–H groups in total. The quantitative estimate of drug-likeness (QED) is 0.374. The van der Waals surface area contributed by atoms with Crippen molar-refractivity contribution >= 4 is 29.5 Å². The summed E-state index contributed by atoms with van der Waals surface area (Å²) >= 11 is 0. The highest BCUT2D eigenvalue weighted by Gasteiger charge is 2.35. The smallest absolute Gasteiger partial charge is 0.417 e. The first kappa shape index (κ1) is 29.8. The molecule has 222 valence electrons. The van der Waals surface area contributed by atoms with Crippen molar-refractivity contribution in [1.29, 1.82) is 5.41 Å². The number of carbonyl (C=O) groups is 2. The number of hydrogen-bond acceptors (Lipinski definition) is 7. The average Bonchev–Trinajstić information content (AvgIpc) is 3.40. The Morgan fingerprint density at radius 3 is 2.29 bits per heavy atom. The molecule has 0 aromatic carbocycles. The highest BCUT2D eigenvalue weighted by molar-refractivity contribution is 6.11. The molecular weight excluding hydrogens is 545 g/mol. The maximum Gasteiger partial charge on any atom is 0.417 e. The van der Waals surface area contributed by atoms with E-state index in [2.05, 4.69) is 15.0 Å². The summed E-state index contributed by atoms with van der Waals surface area (Å²) in [5.41, 5.74) is 3.86. The first-order chi connectivity index (χ1) is 19.2. The van der Waals surface area contributed by atoms with Crippen LogP contribution in [0.1, 0.15) is 48.0 Å². The number of nitrogens with two attached hydrogens (primary N) is 1. The zero-order valence-electron chi connectivity index (χ0n) is 23.0. The number of rotatable bonds is 3. The van der Waals surface area contributed by atoms with Crippen LogP contribution in [0.4, 0.5) is 23.8 Å². The lowest BCUT2D eigenvalue weighted by Gasteiger charge is -2.35. The Hall–Kier alpha value is -4.14. The second kappa shape index (κ2) is 11.8. The van der Waals surface area contributed by atoms with Crippen LogP contribution in [0.25, 0.3) is 0 Å². The molecule has 0 bridgehead atoms. The lowest BCUT2D eigenvalue weighted by molar-refractivity contribution is -0.137. The molecule has 15 heteroatoms. The summed E-state index contributed by atoms with van der Waals surface area (Å²) in [6.45, 7) is 8.07. The third kappa shape index (κ3) is 7.34. The number of nitrogens with one attached hydrogen (secondary N) is 2. The molecule has 0 saturated carbocycles. The van der Waals surface area contributed by atoms with Crippen LogP contribution in [0.15, 0.2) is 29.5 Å². The van der Waals surface area contributed by atoms with Crippen LogP contribution in [0.2, 0.25) is 0 Å². The molecule has 4 rings (SSSR count). The predicted octanol–water partition coefficient (Wildman–Crippen LogP) is 2.81. The van der Waals surface area contributed by atoms with Crippen molar-refractivity contribution in [3.05, 3.63) is 46.9 Å². The van der Waals surface area contributed by atoms with Gasteiger partial charge in [0.05, 0.1) is 30.0 Å². The molecule has 2 amide bonds. The molecule has 2 fully saturated rings. The van der Waals surface area contributed by atoms with Crippen molar-refractivity contribution in [3.63, 3.8) is 0 Å². The van der Waals surface area contributed by atoms with Gasteiger partial charge in [0.25, 0.3) is 5.91 Å². The van der Waals surface area contributed by atoms with Gasteiger partial charge in [-0.2, -0.15) is 13.2 Å². The lowest BCUT2D eigenvalue weighted by Crippen LogP contribution is -2.51. The van der Waals surface area contributed by atoms with Crippen LogP contribution in [0.5, 0.6) is 0 Å². The van der Waals surface area contributed by atoms with Gasteiger partial charge in [0.2, 0.25) is 0 Å². The summed E-state index contributed by atoms with van der Waals surface area (Å²) in [6.07, 6.45) is -2.84. The van der Waals surface area contributed by atoms with E-state index in [4.69, 9.17) is 20.6 Å². The van der Waals surface area contributed by atoms with Gasteiger partial charge in [-0.25, -0.2) is 14.8 Å². The minimum atomic E-state index is -4.77. The number of ether oxygens (including phenoxy) is 2. The molecule has 4 heterocycles. The van der Waals surface area contributed by atoms with Gasteiger partial charge in [-0.15, -0.1) is 0 Å². The van der Waals surface area contributed by atoms with E-state index in [1.54, 1.807) is 41.5 Å². The molecule has 2 aliphatic rings. The summed E-state index contributed by atoms with van der Waals surface area (Å²) in [4.78, 5) is 41.5. The number of pyridine rings is 1. The number of H-pyrrole nitrogens is 1. The zero-order valence-corrected chi connectivity index (χ0v) is 23.0. The van der Waals surface area contributed by atoms with E-state index < -0.39 is 34.8 Å². The molecule has 41 heavy (non-hydrogen) atoms. The molecule has 0 radical (unpaired) electrons. The van der Waals surface area contributed by atoms with Gasteiger partial charge in [0.1, 0.15) is 11.4 Å². The van der Waals surface area contributed by atoms with E-state index in [-0.39, 0.29) is 17.6 Å². The van der Waals surface area contributed by atoms with Crippen molar-refractivity contribution in [2.75, 3.05) is 58.2 Å². The number of anilines is 1. The van der Waals surface area contributed by atoms with Gasteiger partial charge in [0, 0.05) is 57.2 Å². The van der Waals surface area contributed by atoms with Crippen LogP contribution < -0.4 is 5.73 Å². The summed E-state index contributed by atoms with van der Waals surface area (Å²) in [5, 5.41) is 8.42. The normalized spacial score (nSPS) is 17.0. The topological polar surface area (TPSA) is 153 Å². The van der Waals surface area contributed by atoms with E-state index in [9.17, 15) is 22.8 Å². The Morgan fingerprint density at radius 1 is 1.05 bits per heavy atom. The zero-order chi connectivity index (χ0) is 29.9. The molecule has 0 aliphatic carbocycles. The van der Waals surface area contributed by atoms with Gasteiger partial charge >= 0.3 is 12.3 Å². The molecule has 2 saturated heterocycles. The van der Waals surface area contributed by atoms with Crippen LogP contribution in [0.3, 0.4) is 0 Å². The standard InChI is InChI=1S/C26H33F3N8O4/c1-25(2,3)41-24(39)37-6-4-36(5-7-37)23(38)16-12-19(32-14-16)22(35-8-10-40-11-9-35)34-21(31)17-15-33-20(30)13-18(17)26(27,28)29/h12-15,31-32H,4-11H2,1-3H3,(H2,30,33). The van der Waals surface area contributed by atoms with E-state index >= 15 is 0 Å². The molecule has 0 atom stereocenters. The molecule has 12 nitrogen and oxygen atoms in total. The maximum atomic E-state index is 13.7. The summed E-state index contributed by atoms with van der Waals surface area (Å²) < 4.78 is 51.8. The average molecular weight is 579 g/mol. The fourth-order valence-corrected chi connectivity index (χ4v) is 4.39. The molecule has 2 aromatic rings. The second-order valence-electron chi connectivity index (χ2n) is 10.6. The number of morpholine rings is 1. The van der Waals surface area contributed by atoms with Gasteiger partial charge in [-0.3, -0.25) is 10.2 Å². The summed E-state index contributed by atoms with van der Waals surface area (Å²) in [7, 11) is 0. The summed E-state index contributed by atoms with van der Waals surface area (Å²) in [6, 6.07) is 2.22. The van der Waals surface area contributed by atoms with E-state index in [0.29, 0.717) is 69.8 Å². The van der Waals surface area contributed by atoms with Crippen LogP contribution in [0, 0.1) is 5.41 Å². The maximum absolute atomic E-state index is 13.7. The fourth-order valence-electron chi connectivity index (χ4n) is 4.39. The number of amidine groups is 2. The largest absolute Gasteiger partial charge is 0.444 e.